The highest BCUT2D eigenvalue weighted by atomic mass is 79.9. The van der Waals surface area contributed by atoms with E-state index >= 15 is 0 Å². The summed E-state index contributed by atoms with van der Waals surface area (Å²) in [5.41, 5.74) is 1.51. The lowest BCUT2D eigenvalue weighted by Gasteiger charge is -2.25. The number of alkyl halides is 1. The molecule has 0 aromatic carbocycles. The third-order valence-electron chi connectivity index (χ3n) is 2.36. The molecule has 0 bridgehead atoms. The van der Waals surface area contributed by atoms with Gasteiger partial charge in [-0.25, -0.2) is 4.98 Å². The van der Waals surface area contributed by atoms with Gasteiger partial charge in [-0.05, 0) is 23.5 Å². The number of halogens is 1. The first kappa shape index (κ1) is 12.5. The number of rotatable bonds is 3. The summed E-state index contributed by atoms with van der Waals surface area (Å²) in [4.78, 5) is 4.55. The van der Waals surface area contributed by atoms with Gasteiger partial charge in [0.15, 0.2) is 0 Å². The van der Waals surface area contributed by atoms with Crippen LogP contribution < -0.4 is 4.74 Å². The van der Waals surface area contributed by atoms with E-state index in [-0.39, 0.29) is 5.41 Å². The zero-order valence-electron chi connectivity index (χ0n) is 9.75. The van der Waals surface area contributed by atoms with Gasteiger partial charge in [-0.1, -0.05) is 36.7 Å². The van der Waals surface area contributed by atoms with Gasteiger partial charge in [-0.3, -0.25) is 0 Å². The Morgan fingerprint density at radius 2 is 2.13 bits per heavy atom. The number of methoxy groups -OCH3 is 1. The molecule has 84 valence electrons. The van der Waals surface area contributed by atoms with E-state index in [1.165, 1.54) is 5.56 Å². The van der Waals surface area contributed by atoms with Gasteiger partial charge in [0.2, 0.25) is 5.88 Å². The minimum absolute atomic E-state index is 0.260. The van der Waals surface area contributed by atoms with E-state index in [1.54, 1.807) is 13.3 Å². The molecule has 0 saturated carbocycles. The fourth-order valence-corrected chi connectivity index (χ4v) is 1.58. The average molecular weight is 272 g/mol. The second kappa shape index (κ2) is 4.97. The maximum Gasteiger partial charge on any atom is 0.213 e. The number of nitrogens with zero attached hydrogens (tertiary/aromatic N) is 1. The summed E-state index contributed by atoms with van der Waals surface area (Å²) >= 11 is 3.72. The second-order valence-electron chi connectivity index (χ2n) is 4.74. The van der Waals surface area contributed by atoms with E-state index in [2.05, 4.69) is 41.7 Å². The molecule has 2 nitrogen and oxygen atoms in total. The predicted octanol–water partition coefficient (Wildman–Crippen LogP) is 3.44. The van der Waals surface area contributed by atoms with Gasteiger partial charge in [0.25, 0.3) is 0 Å². The Morgan fingerprint density at radius 3 is 2.67 bits per heavy atom. The van der Waals surface area contributed by atoms with Gasteiger partial charge >= 0.3 is 0 Å². The SMILES string of the molecule is COc1cc(CC(Br)C(C)(C)C)ccn1. The Morgan fingerprint density at radius 1 is 1.47 bits per heavy atom. The molecule has 1 aromatic heterocycles. The van der Waals surface area contributed by atoms with Gasteiger partial charge < -0.3 is 4.74 Å². The molecule has 0 fully saturated rings. The molecule has 1 aromatic rings. The molecule has 0 aliphatic rings. The largest absolute Gasteiger partial charge is 0.481 e. The van der Waals surface area contributed by atoms with E-state index < -0.39 is 0 Å². The molecular weight excluding hydrogens is 254 g/mol. The maximum absolute atomic E-state index is 5.10. The third kappa shape index (κ3) is 3.82. The van der Waals surface area contributed by atoms with Crippen LogP contribution >= 0.6 is 15.9 Å². The summed E-state index contributed by atoms with van der Waals surface area (Å²) in [5.74, 6) is 0.682. The van der Waals surface area contributed by atoms with E-state index in [1.807, 2.05) is 12.1 Å². The average Bonchev–Trinajstić information content (AvgIpc) is 2.16. The van der Waals surface area contributed by atoms with E-state index in [9.17, 15) is 0 Å². The molecule has 0 spiro atoms. The first-order chi connectivity index (χ1) is 6.93. The molecule has 0 radical (unpaired) electrons. The highest BCUT2D eigenvalue weighted by molar-refractivity contribution is 9.09. The maximum atomic E-state index is 5.10. The van der Waals surface area contributed by atoms with Crippen LogP contribution in [0, 0.1) is 5.41 Å². The van der Waals surface area contributed by atoms with Crippen LogP contribution in [0.25, 0.3) is 0 Å². The van der Waals surface area contributed by atoms with Crippen molar-refractivity contribution in [1.82, 2.24) is 4.98 Å². The minimum atomic E-state index is 0.260. The summed E-state index contributed by atoms with van der Waals surface area (Å²) in [5, 5.41) is 0. The highest BCUT2D eigenvalue weighted by Gasteiger charge is 2.21. The van der Waals surface area contributed by atoms with Crippen LogP contribution in [0.3, 0.4) is 0 Å². The van der Waals surface area contributed by atoms with Gasteiger partial charge in [-0.15, -0.1) is 0 Å². The Hall–Kier alpha value is -0.570. The standard InChI is InChI=1S/C12H18BrNO/c1-12(2,3)10(13)7-9-5-6-14-11(8-9)15-4/h5-6,8,10H,7H2,1-4H3. The predicted molar refractivity (Wildman–Crippen MR) is 66.7 cm³/mol. The first-order valence-electron chi connectivity index (χ1n) is 5.06. The van der Waals surface area contributed by atoms with Gasteiger partial charge in [0.1, 0.15) is 0 Å². The fourth-order valence-electron chi connectivity index (χ4n) is 1.20. The summed E-state index contributed by atoms with van der Waals surface area (Å²) in [7, 11) is 1.64. The van der Waals surface area contributed by atoms with Crippen LogP contribution in [0.5, 0.6) is 5.88 Å². The summed E-state index contributed by atoms with van der Waals surface area (Å²) in [6.07, 6.45) is 2.78. The molecule has 3 heteroatoms. The first-order valence-corrected chi connectivity index (χ1v) is 5.98. The summed E-state index contributed by atoms with van der Waals surface area (Å²) in [6, 6.07) is 4.02. The van der Waals surface area contributed by atoms with Crippen molar-refractivity contribution >= 4 is 15.9 Å². The van der Waals surface area contributed by atoms with Crippen molar-refractivity contribution in [2.24, 2.45) is 5.41 Å². The summed E-state index contributed by atoms with van der Waals surface area (Å²) < 4.78 is 5.10. The zero-order chi connectivity index (χ0) is 11.5. The van der Waals surface area contributed by atoms with Crippen LogP contribution in [0.15, 0.2) is 18.3 Å². The Bertz CT molecular complexity index is 320. The van der Waals surface area contributed by atoms with Gasteiger partial charge in [-0.2, -0.15) is 0 Å². The molecule has 1 rings (SSSR count). The topological polar surface area (TPSA) is 22.1 Å². The van der Waals surface area contributed by atoms with Crippen LogP contribution in [0.1, 0.15) is 26.3 Å². The molecule has 0 saturated heterocycles. The number of pyridine rings is 1. The van der Waals surface area contributed by atoms with Crippen molar-refractivity contribution in [2.75, 3.05) is 7.11 Å². The van der Waals surface area contributed by atoms with Crippen LogP contribution in [-0.4, -0.2) is 16.9 Å². The number of aromatic nitrogens is 1. The lowest BCUT2D eigenvalue weighted by molar-refractivity contribution is 0.390. The van der Waals surface area contributed by atoms with Gasteiger partial charge in [0.05, 0.1) is 7.11 Å². The van der Waals surface area contributed by atoms with E-state index in [0.29, 0.717) is 10.7 Å². The van der Waals surface area contributed by atoms with Gasteiger partial charge in [0, 0.05) is 17.1 Å². The van der Waals surface area contributed by atoms with Crippen molar-refractivity contribution < 1.29 is 4.74 Å². The molecular formula is C12H18BrNO. The third-order valence-corrected chi connectivity index (χ3v) is 4.06. The highest BCUT2D eigenvalue weighted by Crippen LogP contribution is 2.29. The molecule has 0 aliphatic heterocycles. The van der Waals surface area contributed by atoms with Crippen molar-refractivity contribution in [1.29, 1.82) is 0 Å². The van der Waals surface area contributed by atoms with Crippen molar-refractivity contribution in [2.45, 2.75) is 32.0 Å². The van der Waals surface area contributed by atoms with Crippen LogP contribution in [-0.2, 0) is 6.42 Å². The normalized spacial score (nSPS) is 13.7. The molecule has 1 heterocycles. The van der Waals surface area contributed by atoms with Crippen molar-refractivity contribution in [3.05, 3.63) is 23.9 Å². The fraction of sp³-hybridized carbons (Fsp3) is 0.583. The number of ether oxygens (including phenoxy) is 1. The molecule has 0 N–H and O–H groups in total. The molecule has 1 atom stereocenters. The molecule has 0 amide bonds. The Labute approximate surface area is 100 Å². The van der Waals surface area contributed by atoms with E-state index in [0.717, 1.165) is 6.42 Å². The summed E-state index contributed by atoms with van der Waals surface area (Å²) in [6.45, 7) is 6.68. The molecule has 15 heavy (non-hydrogen) atoms. The molecule has 1 unspecified atom stereocenters. The minimum Gasteiger partial charge on any atom is -0.481 e. The lowest BCUT2D eigenvalue weighted by atomic mass is 9.89. The Balaban J connectivity index is 2.72. The Kier molecular flexibility index (Phi) is 4.14. The number of hydrogen-bond acceptors (Lipinski definition) is 2. The number of hydrogen-bond donors (Lipinski definition) is 0. The van der Waals surface area contributed by atoms with Crippen LogP contribution in [0.4, 0.5) is 0 Å². The van der Waals surface area contributed by atoms with Crippen molar-refractivity contribution in [3.63, 3.8) is 0 Å². The quantitative estimate of drug-likeness (QED) is 0.786. The lowest BCUT2D eigenvalue weighted by Crippen LogP contribution is -2.22. The zero-order valence-corrected chi connectivity index (χ0v) is 11.3. The smallest absolute Gasteiger partial charge is 0.213 e. The molecule has 0 aliphatic carbocycles. The monoisotopic (exact) mass is 271 g/mol. The van der Waals surface area contributed by atoms with Crippen LogP contribution in [0.2, 0.25) is 0 Å². The second-order valence-corrected chi connectivity index (χ2v) is 5.85. The van der Waals surface area contributed by atoms with E-state index in [4.69, 9.17) is 4.74 Å². The van der Waals surface area contributed by atoms with Crippen molar-refractivity contribution in [3.8, 4) is 5.88 Å².